The number of hydrogen-bond acceptors (Lipinski definition) is 6. The van der Waals surface area contributed by atoms with Crippen molar-refractivity contribution < 1.29 is 4.74 Å². The van der Waals surface area contributed by atoms with Gasteiger partial charge in [-0.25, -0.2) is 4.98 Å². The maximum atomic E-state index is 5.27. The highest BCUT2D eigenvalue weighted by Crippen LogP contribution is 2.50. The Morgan fingerprint density at radius 2 is 2.11 bits per heavy atom. The summed E-state index contributed by atoms with van der Waals surface area (Å²) in [5, 5.41) is 14.6. The second-order valence-corrected chi connectivity index (χ2v) is 11.6. The van der Waals surface area contributed by atoms with Gasteiger partial charge in [0.1, 0.15) is 0 Å². The lowest BCUT2D eigenvalue weighted by atomic mass is 9.60. The third kappa shape index (κ3) is 4.22. The molecule has 2 saturated carbocycles. The molecule has 4 heterocycles. The SMILES string of the molecule is COCCNC1CCC2(Cn3nc(C)c4c3CCN(c3cc(C)nc5c3cnn5C)C4)CCCC1C2. The van der Waals surface area contributed by atoms with E-state index in [1.807, 2.05) is 17.9 Å². The summed E-state index contributed by atoms with van der Waals surface area (Å²) in [6.07, 6.45) is 11.0. The molecule has 0 amide bonds. The molecule has 2 aliphatic carbocycles. The molecule has 2 bridgehead atoms. The van der Waals surface area contributed by atoms with E-state index >= 15 is 0 Å². The van der Waals surface area contributed by atoms with Crippen molar-refractivity contribution in [3.8, 4) is 0 Å². The molecule has 0 aromatic carbocycles. The Morgan fingerprint density at radius 1 is 1.22 bits per heavy atom. The molecule has 1 N–H and O–H groups in total. The van der Waals surface area contributed by atoms with Crippen LogP contribution in [-0.4, -0.2) is 57.4 Å². The van der Waals surface area contributed by atoms with Gasteiger partial charge in [0, 0.05) is 69.8 Å². The molecule has 3 aromatic rings. The molecule has 3 aliphatic rings. The van der Waals surface area contributed by atoms with E-state index in [1.165, 1.54) is 61.2 Å². The molecule has 0 spiro atoms. The lowest BCUT2D eigenvalue weighted by Gasteiger charge is -2.49. The number of pyridine rings is 1. The average Bonchev–Trinajstić information content (AvgIpc) is 3.39. The fourth-order valence-corrected chi connectivity index (χ4v) is 7.40. The standard InChI is InChI=1S/C28H41N7O/c1-19-14-26(22-16-30-33(3)27(22)31-19)34-12-8-25-23(17-34)20(2)32-35(25)18-28-9-5-6-21(15-28)24(7-10-28)29-11-13-36-4/h14,16,21,24,29H,5-13,15,17-18H2,1-4H3. The molecule has 3 unspecified atom stereocenters. The van der Waals surface area contributed by atoms with Gasteiger partial charge in [0.25, 0.3) is 0 Å². The predicted molar refractivity (Wildman–Crippen MR) is 142 cm³/mol. The van der Waals surface area contributed by atoms with Crippen LogP contribution < -0.4 is 10.2 Å². The van der Waals surface area contributed by atoms with Gasteiger partial charge in [0.15, 0.2) is 5.65 Å². The summed E-state index contributed by atoms with van der Waals surface area (Å²) < 4.78 is 9.56. The topological polar surface area (TPSA) is 73.0 Å². The zero-order valence-corrected chi connectivity index (χ0v) is 22.4. The summed E-state index contributed by atoms with van der Waals surface area (Å²) in [6, 6.07) is 2.87. The van der Waals surface area contributed by atoms with Crippen LogP contribution in [0.2, 0.25) is 0 Å². The van der Waals surface area contributed by atoms with Gasteiger partial charge in [-0.15, -0.1) is 0 Å². The lowest BCUT2D eigenvalue weighted by Crippen LogP contribution is -2.49. The second-order valence-electron chi connectivity index (χ2n) is 11.6. The number of aryl methyl sites for hydroxylation is 3. The molecule has 36 heavy (non-hydrogen) atoms. The predicted octanol–water partition coefficient (Wildman–Crippen LogP) is 3.92. The van der Waals surface area contributed by atoms with Crippen LogP contribution in [0.5, 0.6) is 0 Å². The molecule has 3 aromatic heterocycles. The van der Waals surface area contributed by atoms with Crippen molar-refractivity contribution in [2.24, 2.45) is 18.4 Å². The summed E-state index contributed by atoms with van der Waals surface area (Å²) in [6.45, 7) is 9.06. The molecule has 8 heteroatoms. The van der Waals surface area contributed by atoms with Gasteiger partial charge in [-0.1, -0.05) is 6.42 Å². The molecular weight excluding hydrogens is 450 g/mol. The highest BCUT2D eigenvalue weighted by molar-refractivity contribution is 5.89. The van der Waals surface area contributed by atoms with Gasteiger partial charge in [-0.2, -0.15) is 10.2 Å². The second kappa shape index (κ2) is 9.45. The third-order valence-electron chi connectivity index (χ3n) is 9.22. The molecule has 194 valence electrons. The summed E-state index contributed by atoms with van der Waals surface area (Å²) in [5.41, 5.74) is 7.74. The zero-order valence-electron chi connectivity index (χ0n) is 22.4. The van der Waals surface area contributed by atoms with Gasteiger partial charge in [-0.3, -0.25) is 9.36 Å². The molecule has 3 atom stereocenters. The fraction of sp³-hybridized carbons (Fsp3) is 0.679. The maximum absolute atomic E-state index is 5.27. The minimum absolute atomic E-state index is 0.413. The number of ether oxygens (including phenoxy) is 1. The maximum Gasteiger partial charge on any atom is 0.159 e. The van der Waals surface area contributed by atoms with Crippen molar-refractivity contribution in [3.05, 3.63) is 34.9 Å². The smallest absolute Gasteiger partial charge is 0.159 e. The van der Waals surface area contributed by atoms with Gasteiger partial charge >= 0.3 is 0 Å². The highest BCUT2D eigenvalue weighted by Gasteiger charge is 2.44. The summed E-state index contributed by atoms with van der Waals surface area (Å²) in [7, 11) is 3.76. The van der Waals surface area contributed by atoms with Gasteiger partial charge in [0.2, 0.25) is 0 Å². The minimum Gasteiger partial charge on any atom is -0.383 e. The van der Waals surface area contributed by atoms with Crippen LogP contribution in [0, 0.1) is 25.2 Å². The third-order valence-corrected chi connectivity index (χ3v) is 9.22. The van der Waals surface area contributed by atoms with E-state index in [9.17, 15) is 0 Å². The number of nitrogens with zero attached hydrogens (tertiary/aromatic N) is 6. The summed E-state index contributed by atoms with van der Waals surface area (Å²) in [4.78, 5) is 7.23. The quantitative estimate of drug-likeness (QED) is 0.505. The number of hydrogen-bond donors (Lipinski definition) is 1. The van der Waals surface area contributed by atoms with Crippen molar-refractivity contribution >= 4 is 16.7 Å². The Bertz CT molecular complexity index is 1250. The Labute approximate surface area is 214 Å². The van der Waals surface area contributed by atoms with Crippen LogP contribution in [-0.2, 0) is 31.3 Å². The molecule has 8 nitrogen and oxygen atoms in total. The Hall–Kier alpha value is -2.45. The Kier molecular flexibility index (Phi) is 6.28. The molecule has 0 radical (unpaired) electrons. The number of nitrogens with one attached hydrogen (secondary N) is 1. The zero-order chi connectivity index (χ0) is 24.9. The first kappa shape index (κ1) is 23.9. The first-order valence-corrected chi connectivity index (χ1v) is 13.8. The summed E-state index contributed by atoms with van der Waals surface area (Å²) >= 11 is 0. The first-order chi connectivity index (χ1) is 17.5. The lowest BCUT2D eigenvalue weighted by molar-refractivity contribution is 0.0305. The van der Waals surface area contributed by atoms with E-state index in [1.54, 1.807) is 7.11 Å². The molecular formula is C28H41N7O. The van der Waals surface area contributed by atoms with Crippen molar-refractivity contribution in [2.45, 2.75) is 77.9 Å². The highest BCUT2D eigenvalue weighted by atomic mass is 16.5. The van der Waals surface area contributed by atoms with Crippen molar-refractivity contribution in [2.75, 3.05) is 31.7 Å². The first-order valence-electron chi connectivity index (χ1n) is 13.8. The van der Waals surface area contributed by atoms with Gasteiger partial charge in [-0.05, 0) is 63.4 Å². The van der Waals surface area contributed by atoms with Gasteiger partial charge < -0.3 is 15.0 Å². The number of aromatic nitrogens is 5. The molecule has 2 fully saturated rings. The number of anilines is 1. The summed E-state index contributed by atoms with van der Waals surface area (Å²) in [5.74, 6) is 0.796. The molecule has 6 rings (SSSR count). The number of fused-ring (bicyclic) bond motifs is 4. The van der Waals surface area contributed by atoms with Crippen LogP contribution in [0.25, 0.3) is 11.0 Å². The van der Waals surface area contributed by atoms with E-state index in [2.05, 4.69) is 39.9 Å². The van der Waals surface area contributed by atoms with Crippen molar-refractivity contribution in [1.29, 1.82) is 0 Å². The average molecular weight is 492 g/mol. The normalized spacial score (nSPS) is 25.9. The van der Waals surface area contributed by atoms with Crippen molar-refractivity contribution in [3.63, 3.8) is 0 Å². The van der Waals surface area contributed by atoms with E-state index in [0.717, 1.165) is 61.9 Å². The van der Waals surface area contributed by atoms with Crippen LogP contribution in [0.15, 0.2) is 12.3 Å². The monoisotopic (exact) mass is 491 g/mol. The van der Waals surface area contributed by atoms with Crippen LogP contribution in [0.1, 0.15) is 61.2 Å². The van der Waals surface area contributed by atoms with Crippen molar-refractivity contribution in [1.82, 2.24) is 29.9 Å². The number of rotatable bonds is 7. The Morgan fingerprint density at radius 3 is 2.97 bits per heavy atom. The van der Waals surface area contributed by atoms with Crippen LogP contribution in [0.4, 0.5) is 5.69 Å². The minimum atomic E-state index is 0.413. The van der Waals surface area contributed by atoms with E-state index in [0.29, 0.717) is 11.5 Å². The Balaban J connectivity index is 1.21. The number of methoxy groups -OCH3 is 1. The van der Waals surface area contributed by atoms with Crippen LogP contribution >= 0.6 is 0 Å². The molecule has 1 aliphatic heterocycles. The van der Waals surface area contributed by atoms with E-state index in [4.69, 9.17) is 14.8 Å². The van der Waals surface area contributed by atoms with E-state index in [-0.39, 0.29) is 0 Å². The fourth-order valence-electron chi connectivity index (χ4n) is 7.40. The van der Waals surface area contributed by atoms with Crippen LogP contribution in [0.3, 0.4) is 0 Å². The largest absolute Gasteiger partial charge is 0.383 e. The van der Waals surface area contributed by atoms with E-state index < -0.39 is 0 Å². The van der Waals surface area contributed by atoms with Gasteiger partial charge in [0.05, 0.1) is 29.6 Å². The molecule has 0 saturated heterocycles.